The van der Waals surface area contributed by atoms with Crippen LogP contribution in [-0.4, -0.2) is 49.3 Å². The molecule has 134 valence electrons. The fourth-order valence-electron chi connectivity index (χ4n) is 2.93. The van der Waals surface area contributed by atoms with Crippen molar-refractivity contribution in [3.8, 4) is 11.5 Å². The summed E-state index contributed by atoms with van der Waals surface area (Å²) < 4.78 is 32.0. The number of hydrogen-bond donors (Lipinski definition) is 1. The molecule has 1 aliphatic heterocycles. The molecule has 4 nitrogen and oxygen atoms in total. The summed E-state index contributed by atoms with van der Waals surface area (Å²) in [6.45, 7) is 4.92. The third-order valence-electron chi connectivity index (χ3n) is 4.36. The van der Waals surface area contributed by atoms with Crippen LogP contribution in [0.2, 0.25) is 0 Å². The molecule has 0 spiro atoms. The van der Waals surface area contributed by atoms with Crippen LogP contribution in [0.3, 0.4) is 0 Å². The Bertz CT molecular complexity index is 686. The maximum Gasteiger partial charge on any atom is 0.160 e. The summed E-state index contributed by atoms with van der Waals surface area (Å²) in [6, 6.07) is 10.8. The van der Waals surface area contributed by atoms with Gasteiger partial charge in [-0.2, -0.15) is 0 Å². The molecule has 0 atom stereocenters. The predicted octanol–water partition coefficient (Wildman–Crippen LogP) is 3.26. The molecule has 1 saturated heterocycles. The highest BCUT2D eigenvalue weighted by Crippen LogP contribution is 2.20. The molecule has 1 fully saturated rings. The highest BCUT2D eigenvalue weighted by atomic mass is 19.2. The second-order valence-electron chi connectivity index (χ2n) is 6.12. The van der Waals surface area contributed by atoms with Crippen LogP contribution in [0.4, 0.5) is 14.5 Å². The Labute approximate surface area is 146 Å². The second kappa shape index (κ2) is 8.16. The van der Waals surface area contributed by atoms with Crippen LogP contribution in [-0.2, 0) is 0 Å². The number of phenolic OH excluding ortho intramolecular Hbond substituents is 1. The fourth-order valence-corrected chi connectivity index (χ4v) is 2.93. The van der Waals surface area contributed by atoms with E-state index in [4.69, 9.17) is 4.74 Å². The van der Waals surface area contributed by atoms with Crippen LogP contribution in [0.1, 0.15) is 6.42 Å². The van der Waals surface area contributed by atoms with E-state index in [-0.39, 0.29) is 5.75 Å². The Balaban J connectivity index is 1.37. The zero-order valence-corrected chi connectivity index (χ0v) is 14.0. The van der Waals surface area contributed by atoms with Gasteiger partial charge in [-0.3, -0.25) is 4.90 Å². The first-order valence-corrected chi connectivity index (χ1v) is 8.46. The van der Waals surface area contributed by atoms with Crippen LogP contribution in [0.25, 0.3) is 0 Å². The minimum absolute atomic E-state index is 0.228. The van der Waals surface area contributed by atoms with Crippen molar-refractivity contribution in [1.82, 2.24) is 4.90 Å². The van der Waals surface area contributed by atoms with E-state index < -0.39 is 11.6 Å². The molecule has 0 aliphatic carbocycles. The number of nitrogens with zero attached hydrogens (tertiary/aromatic N) is 2. The molecule has 1 heterocycles. The van der Waals surface area contributed by atoms with E-state index in [1.165, 1.54) is 12.1 Å². The summed E-state index contributed by atoms with van der Waals surface area (Å²) in [4.78, 5) is 4.42. The van der Waals surface area contributed by atoms with Crippen LogP contribution in [0.15, 0.2) is 42.5 Å². The molecule has 0 aromatic heterocycles. The molecule has 25 heavy (non-hydrogen) atoms. The van der Waals surface area contributed by atoms with Crippen LogP contribution < -0.4 is 9.64 Å². The number of hydrogen-bond acceptors (Lipinski definition) is 4. The third kappa shape index (κ3) is 4.82. The number of benzene rings is 2. The number of piperazine rings is 1. The minimum Gasteiger partial charge on any atom is -0.508 e. The number of halogens is 2. The van der Waals surface area contributed by atoms with Gasteiger partial charge < -0.3 is 14.7 Å². The van der Waals surface area contributed by atoms with Crippen molar-refractivity contribution in [1.29, 1.82) is 0 Å². The van der Waals surface area contributed by atoms with Gasteiger partial charge in [-0.25, -0.2) is 8.78 Å². The quantitative estimate of drug-likeness (QED) is 0.813. The summed E-state index contributed by atoms with van der Waals surface area (Å²) in [7, 11) is 0. The smallest absolute Gasteiger partial charge is 0.160 e. The van der Waals surface area contributed by atoms with Crippen LogP contribution in [0.5, 0.6) is 11.5 Å². The molecule has 1 N–H and O–H groups in total. The summed E-state index contributed by atoms with van der Waals surface area (Å²) in [6.07, 6.45) is 0.909. The number of ether oxygens (including phenoxy) is 1. The van der Waals surface area contributed by atoms with Gasteiger partial charge in [-0.15, -0.1) is 0 Å². The van der Waals surface area contributed by atoms with E-state index in [9.17, 15) is 13.9 Å². The molecule has 0 saturated carbocycles. The van der Waals surface area contributed by atoms with Crippen molar-refractivity contribution in [2.45, 2.75) is 6.42 Å². The second-order valence-corrected chi connectivity index (χ2v) is 6.12. The van der Waals surface area contributed by atoms with Crippen molar-refractivity contribution in [3.63, 3.8) is 0 Å². The average Bonchev–Trinajstić information content (AvgIpc) is 2.63. The zero-order chi connectivity index (χ0) is 17.6. The number of aromatic hydroxyl groups is 1. The highest BCUT2D eigenvalue weighted by molar-refractivity contribution is 5.47. The molecule has 0 radical (unpaired) electrons. The lowest BCUT2D eigenvalue weighted by atomic mass is 10.2. The molecule has 1 aliphatic rings. The number of rotatable bonds is 6. The molecule has 2 aromatic rings. The predicted molar refractivity (Wildman–Crippen MR) is 93.2 cm³/mol. The summed E-state index contributed by atoms with van der Waals surface area (Å²) >= 11 is 0. The number of anilines is 1. The minimum atomic E-state index is -0.809. The van der Waals surface area contributed by atoms with Crippen molar-refractivity contribution < 1.29 is 18.6 Å². The van der Waals surface area contributed by atoms with Crippen molar-refractivity contribution in [2.24, 2.45) is 0 Å². The van der Waals surface area contributed by atoms with Gasteiger partial charge in [0.25, 0.3) is 0 Å². The molecular formula is C19H22F2N2O2. The monoisotopic (exact) mass is 348 g/mol. The molecular weight excluding hydrogens is 326 g/mol. The summed E-state index contributed by atoms with van der Waals surface area (Å²) in [5.41, 5.74) is 0.731. The van der Waals surface area contributed by atoms with Crippen molar-refractivity contribution in [2.75, 3.05) is 44.2 Å². The van der Waals surface area contributed by atoms with Gasteiger partial charge in [0.15, 0.2) is 11.6 Å². The van der Waals surface area contributed by atoms with Crippen LogP contribution in [0, 0.1) is 11.6 Å². The lowest BCUT2D eigenvalue weighted by molar-refractivity contribution is 0.224. The maximum absolute atomic E-state index is 13.3. The first-order chi connectivity index (χ1) is 12.1. The standard InChI is InChI=1S/C19H22F2N2O2/c20-18-7-2-15(14-19(18)21)23-11-9-22(10-12-23)8-1-13-25-17-5-3-16(24)4-6-17/h2-7,14,24H,1,8-13H2. The summed E-state index contributed by atoms with van der Waals surface area (Å²) in [5.74, 6) is -0.630. The van der Waals surface area contributed by atoms with Gasteiger partial charge in [-0.05, 0) is 42.8 Å². The largest absolute Gasteiger partial charge is 0.508 e. The van der Waals surface area contributed by atoms with Gasteiger partial charge in [-0.1, -0.05) is 0 Å². The van der Waals surface area contributed by atoms with E-state index in [1.807, 2.05) is 0 Å². The third-order valence-corrected chi connectivity index (χ3v) is 4.36. The van der Waals surface area contributed by atoms with Gasteiger partial charge in [0.05, 0.1) is 6.61 Å². The topological polar surface area (TPSA) is 35.9 Å². The van der Waals surface area contributed by atoms with E-state index in [0.717, 1.165) is 50.6 Å². The van der Waals surface area contributed by atoms with Gasteiger partial charge in [0, 0.05) is 44.5 Å². The first-order valence-electron chi connectivity index (χ1n) is 8.46. The Morgan fingerprint density at radius 3 is 2.32 bits per heavy atom. The highest BCUT2D eigenvalue weighted by Gasteiger charge is 2.17. The number of phenols is 1. The maximum atomic E-state index is 13.3. The zero-order valence-electron chi connectivity index (χ0n) is 14.0. The van der Waals surface area contributed by atoms with E-state index >= 15 is 0 Å². The van der Waals surface area contributed by atoms with Crippen LogP contribution >= 0.6 is 0 Å². The average molecular weight is 348 g/mol. The Morgan fingerprint density at radius 1 is 0.920 bits per heavy atom. The van der Waals surface area contributed by atoms with Gasteiger partial charge in [0.2, 0.25) is 0 Å². The van der Waals surface area contributed by atoms with E-state index in [0.29, 0.717) is 6.61 Å². The van der Waals surface area contributed by atoms with Gasteiger partial charge >= 0.3 is 0 Å². The van der Waals surface area contributed by atoms with Crippen molar-refractivity contribution >= 4 is 5.69 Å². The lowest BCUT2D eigenvalue weighted by Gasteiger charge is -2.36. The first kappa shape index (κ1) is 17.5. The lowest BCUT2D eigenvalue weighted by Crippen LogP contribution is -2.46. The molecule has 2 aromatic carbocycles. The normalized spacial score (nSPS) is 15.4. The Hall–Kier alpha value is -2.34. The molecule has 3 rings (SSSR count). The van der Waals surface area contributed by atoms with Gasteiger partial charge in [0.1, 0.15) is 11.5 Å². The molecule has 6 heteroatoms. The fraction of sp³-hybridized carbons (Fsp3) is 0.368. The Morgan fingerprint density at radius 2 is 1.64 bits per heavy atom. The molecule has 0 bridgehead atoms. The van der Waals surface area contributed by atoms with E-state index in [2.05, 4.69) is 9.80 Å². The Kier molecular flexibility index (Phi) is 5.71. The van der Waals surface area contributed by atoms with Crippen molar-refractivity contribution in [3.05, 3.63) is 54.1 Å². The molecule has 0 unspecified atom stereocenters. The van der Waals surface area contributed by atoms with E-state index in [1.54, 1.807) is 30.3 Å². The SMILES string of the molecule is Oc1ccc(OCCCN2CCN(c3ccc(F)c(F)c3)CC2)cc1. The summed E-state index contributed by atoms with van der Waals surface area (Å²) in [5, 5.41) is 9.23. The molecule has 0 amide bonds.